The molecule has 0 aliphatic heterocycles. The minimum absolute atomic E-state index is 0.0389. The number of aliphatic hydroxyl groups excluding tert-OH is 2. The van der Waals surface area contributed by atoms with Crippen molar-refractivity contribution in [2.75, 3.05) is 27.2 Å². The lowest BCUT2D eigenvalue weighted by Gasteiger charge is -2.09. The summed E-state index contributed by atoms with van der Waals surface area (Å²) in [6, 6.07) is 0. The Kier molecular flexibility index (Phi) is 14.2. The number of carbonyl (C=O) groups excluding carboxylic acids is 1. The number of rotatable bonds is 13. The fraction of sp³-hybridized carbons (Fsp3) is 0.632. The molecule has 0 aliphatic carbocycles. The highest BCUT2D eigenvalue weighted by atomic mass is 16.3. The first-order chi connectivity index (χ1) is 11.5. The van der Waals surface area contributed by atoms with E-state index in [2.05, 4.69) is 10.2 Å². The van der Waals surface area contributed by atoms with Crippen LogP contribution in [0.3, 0.4) is 0 Å². The van der Waals surface area contributed by atoms with Crippen molar-refractivity contribution in [2.24, 2.45) is 0 Å². The van der Waals surface area contributed by atoms with Crippen LogP contribution in [0.5, 0.6) is 0 Å². The molecule has 0 aromatic heterocycles. The van der Waals surface area contributed by atoms with Crippen LogP contribution in [0, 0.1) is 0 Å². The number of aliphatic hydroxyl groups is 2. The van der Waals surface area contributed by atoms with Gasteiger partial charge in [-0.05, 0) is 53.2 Å². The van der Waals surface area contributed by atoms with Crippen LogP contribution in [-0.2, 0) is 4.79 Å². The molecule has 0 aromatic rings. The third kappa shape index (κ3) is 15.5. The minimum Gasteiger partial charge on any atom is -0.389 e. The molecule has 1 amide bonds. The van der Waals surface area contributed by atoms with Gasteiger partial charge in [0.15, 0.2) is 0 Å². The van der Waals surface area contributed by atoms with E-state index in [1.165, 1.54) is 0 Å². The van der Waals surface area contributed by atoms with Crippen molar-refractivity contribution < 1.29 is 15.0 Å². The molecule has 0 aromatic carbocycles. The average Bonchev–Trinajstić information content (AvgIpc) is 2.53. The highest BCUT2D eigenvalue weighted by molar-refractivity contribution is 5.75. The lowest BCUT2D eigenvalue weighted by atomic mass is 10.1. The summed E-state index contributed by atoms with van der Waals surface area (Å²) < 4.78 is 0. The van der Waals surface area contributed by atoms with Crippen molar-refractivity contribution in [3.8, 4) is 0 Å². The molecule has 0 saturated carbocycles. The van der Waals surface area contributed by atoms with Gasteiger partial charge in [-0.2, -0.15) is 0 Å². The maximum atomic E-state index is 11.3. The molecular formula is C19H34N2O3. The van der Waals surface area contributed by atoms with E-state index < -0.39 is 12.2 Å². The van der Waals surface area contributed by atoms with E-state index in [4.69, 9.17) is 0 Å². The molecule has 0 fully saturated rings. The highest BCUT2D eigenvalue weighted by Crippen LogP contribution is 2.03. The molecular weight excluding hydrogens is 304 g/mol. The Morgan fingerprint density at radius 3 is 2.12 bits per heavy atom. The second kappa shape index (κ2) is 15.1. The molecule has 0 spiro atoms. The summed E-state index contributed by atoms with van der Waals surface area (Å²) in [4.78, 5) is 13.4. The molecule has 3 N–H and O–H groups in total. The van der Waals surface area contributed by atoms with Gasteiger partial charge in [0.05, 0.1) is 12.2 Å². The summed E-state index contributed by atoms with van der Waals surface area (Å²) >= 11 is 0. The number of carbonyl (C=O) groups is 1. The van der Waals surface area contributed by atoms with Crippen molar-refractivity contribution >= 4 is 5.91 Å². The Morgan fingerprint density at radius 2 is 1.58 bits per heavy atom. The van der Waals surface area contributed by atoms with Crippen LogP contribution in [0.1, 0.15) is 39.0 Å². The molecule has 0 radical (unpaired) electrons. The molecule has 0 bridgehead atoms. The van der Waals surface area contributed by atoms with Crippen LogP contribution in [0.2, 0.25) is 0 Å². The average molecular weight is 338 g/mol. The minimum atomic E-state index is -0.622. The molecule has 5 heteroatoms. The van der Waals surface area contributed by atoms with Crippen molar-refractivity contribution in [2.45, 2.75) is 51.2 Å². The van der Waals surface area contributed by atoms with Crippen molar-refractivity contribution in [3.05, 3.63) is 36.5 Å². The zero-order valence-electron chi connectivity index (χ0n) is 15.3. The Morgan fingerprint density at radius 1 is 1.00 bits per heavy atom. The predicted octanol–water partition coefficient (Wildman–Crippen LogP) is 2.02. The van der Waals surface area contributed by atoms with E-state index in [0.717, 1.165) is 25.8 Å². The summed E-state index contributed by atoms with van der Waals surface area (Å²) in [6.45, 7) is 3.53. The standard InChI is InChI=1S/C19H34N2O3/c1-4-20-19(24)15-14-18(23)12-8-6-5-7-11-17(22)13-9-10-16-21(2)3/h5-8,11-12,17-18,22-23H,4,9-10,13-16H2,1-3H3,(H,20,24). The van der Waals surface area contributed by atoms with Gasteiger partial charge < -0.3 is 20.4 Å². The first-order valence-corrected chi connectivity index (χ1v) is 8.75. The Balaban J connectivity index is 3.82. The molecule has 0 heterocycles. The van der Waals surface area contributed by atoms with Gasteiger partial charge in [0.2, 0.25) is 5.91 Å². The first-order valence-electron chi connectivity index (χ1n) is 8.75. The van der Waals surface area contributed by atoms with E-state index in [1.807, 2.05) is 33.2 Å². The molecule has 2 atom stereocenters. The largest absolute Gasteiger partial charge is 0.389 e. The summed E-state index contributed by atoms with van der Waals surface area (Å²) in [5, 5.41) is 22.2. The van der Waals surface area contributed by atoms with Crippen LogP contribution in [-0.4, -0.2) is 60.4 Å². The zero-order chi connectivity index (χ0) is 18.2. The lowest BCUT2D eigenvalue weighted by molar-refractivity contribution is -0.121. The van der Waals surface area contributed by atoms with E-state index >= 15 is 0 Å². The van der Waals surface area contributed by atoms with Gasteiger partial charge in [0.1, 0.15) is 0 Å². The van der Waals surface area contributed by atoms with Crippen LogP contribution in [0.4, 0.5) is 0 Å². The number of hydrogen-bond donors (Lipinski definition) is 3. The molecule has 0 rings (SSSR count). The topological polar surface area (TPSA) is 72.8 Å². The van der Waals surface area contributed by atoms with E-state index in [9.17, 15) is 15.0 Å². The lowest BCUT2D eigenvalue weighted by Crippen LogP contribution is -2.23. The van der Waals surface area contributed by atoms with Crippen molar-refractivity contribution in [1.82, 2.24) is 10.2 Å². The third-order valence-corrected chi connectivity index (χ3v) is 3.40. The summed E-state index contributed by atoms with van der Waals surface area (Å²) in [5.74, 6) is -0.0389. The van der Waals surface area contributed by atoms with Gasteiger partial charge in [0, 0.05) is 13.0 Å². The fourth-order valence-electron chi connectivity index (χ4n) is 2.05. The summed E-state index contributed by atoms with van der Waals surface area (Å²) in [5.41, 5.74) is 0. The first kappa shape index (κ1) is 22.6. The quantitative estimate of drug-likeness (QED) is 0.355. The Hall–Kier alpha value is -1.43. The van der Waals surface area contributed by atoms with Gasteiger partial charge in [0.25, 0.3) is 0 Å². The third-order valence-electron chi connectivity index (χ3n) is 3.40. The van der Waals surface area contributed by atoms with Crippen LogP contribution in [0.15, 0.2) is 36.5 Å². The Bertz CT molecular complexity index is 403. The van der Waals surface area contributed by atoms with Gasteiger partial charge in [-0.1, -0.05) is 36.5 Å². The molecule has 0 aliphatic rings. The number of amides is 1. The Labute approximate surface area is 146 Å². The molecule has 5 nitrogen and oxygen atoms in total. The second-order valence-corrected chi connectivity index (χ2v) is 6.08. The van der Waals surface area contributed by atoms with Crippen LogP contribution < -0.4 is 5.32 Å². The maximum Gasteiger partial charge on any atom is 0.220 e. The monoisotopic (exact) mass is 338 g/mol. The van der Waals surface area contributed by atoms with Crippen molar-refractivity contribution in [1.29, 1.82) is 0 Å². The van der Waals surface area contributed by atoms with E-state index in [0.29, 0.717) is 19.4 Å². The number of hydrogen-bond acceptors (Lipinski definition) is 4. The summed E-state index contributed by atoms with van der Waals surface area (Å²) in [7, 11) is 4.09. The molecule has 138 valence electrons. The maximum absolute atomic E-state index is 11.3. The van der Waals surface area contributed by atoms with E-state index in [1.54, 1.807) is 24.3 Å². The van der Waals surface area contributed by atoms with Gasteiger partial charge in [-0.3, -0.25) is 4.79 Å². The van der Waals surface area contributed by atoms with E-state index in [-0.39, 0.29) is 5.91 Å². The molecule has 24 heavy (non-hydrogen) atoms. The smallest absolute Gasteiger partial charge is 0.220 e. The fourth-order valence-corrected chi connectivity index (χ4v) is 2.05. The number of unbranched alkanes of at least 4 members (excludes halogenated alkanes) is 1. The zero-order valence-corrected chi connectivity index (χ0v) is 15.3. The predicted molar refractivity (Wildman–Crippen MR) is 99.8 cm³/mol. The van der Waals surface area contributed by atoms with Crippen LogP contribution >= 0.6 is 0 Å². The van der Waals surface area contributed by atoms with Gasteiger partial charge in [-0.15, -0.1) is 0 Å². The molecule has 0 saturated heterocycles. The van der Waals surface area contributed by atoms with Gasteiger partial charge in [-0.25, -0.2) is 0 Å². The normalized spacial score (nSPS) is 14.9. The summed E-state index contributed by atoms with van der Waals surface area (Å²) in [6.07, 6.45) is 13.2. The number of nitrogens with one attached hydrogen (secondary N) is 1. The van der Waals surface area contributed by atoms with Crippen LogP contribution in [0.25, 0.3) is 0 Å². The SMILES string of the molecule is CCNC(=O)CCC(O)C=CC=CC=CC(O)CCCCN(C)C. The van der Waals surface area contributed by atoms with Crippen molar-refractivity contribution in [3.63, 3.8) is 0 Å². The second-order valence-electron chi connectivity index (χ2n) is 6.08. The number of nitrogens with zero attached hydrogens (tertiary/aromatic N) is 1. The number of allylic oxidation sites excluding steroid dienone is 4. The molecule has 2 unspecified atom stereocenters. The highest BCUT2D eigenvalue weighted by Gasteiger charge is 2.03. The van der Waals surface area contributed by atoms with Gasteiger partial charge >= 0.3 is 0 Å².